The standard InChI is InChI=1S/C21H20BrNO5S/c1-21(2,3)15-7-5-13(6-8-15)19-23-17(20(24)27-19)12-14-11-16(22)9-10-18(14)28-29(4,25)26/h5-12H,1-4H3/b17-12+. The number of carbonyl (C=O) groups is 1. The Balaban J connectivity index is 1.96. The van der Waals surface area contributed by atoms with Crippen LogP contribution in [0.3, 0.4) is 0 Å². The molecule has 0 spiro atoms. The first-order valence-corrected chi connectivity index (χ1v) is 11.4. The fourth-order valence-electron chi connectivity index (χ4n) is 2.66. The average Bonchev–Trinajstić information content (AvgIpc) is 2.96. The average molecular weight is 478 g/mol. The molecule has 0 unspecified atom stereocenters. The van der Waals surface area contributed by atoms with Crippen LogP contribution >= 0.6 is 15.9 Å². The zero-order chi connectivity index (χ0) is 21.4. The Labute approximate surface area is 178 Å². The van der Waals surface area contributed by atoms with Gasteiger partial charge in [0.05, 0.1) is 6.26 Å². The van der Waals surface area contributed by atoms with Crippen molar-refractivity contribution in [3.8, 4) is 5.75 Å². The quantitative estimate of drug-likeness (QED) is 0.369. The van der Waals surface area contributed by atoms with Gasteiger partial charge in [-0.15, -0.1) is 0 Å². The van der Waals surface area contributed by atoms with E-state index in [0.29, 0.717) is 15.6 Å². The van der Waals surface area contributed by atoms with E-state index in [1.165, 1.54) is 12.1 Å². The summed E-state index contributed by atoms with van der Waals surface area (Å²) in [6.45, 7) is 6.35. The van der Waals surface area contributed by atoms with Gasteiger partial charge in [-0.05, 0) is 47.4 Å². The topological polar surface area (TPSA) is 82.0 Å². The summed E-state index contributed by atoms with van der Waals surface area (Å²) in [7, 11) is -3.73. The van der Waals surface area contributed by atoms with Crippen LogP contribution in [-0.2, 0) is 25.1 Å². The Bertz CT molecular complexity index is 1130. The maximum atomic E-state index is 12.3. The van der Waals surface area contributed by atoms with Crippen molar-refractivity contribution < 1.29 is 22.1 Å². The van der Waals surface area contributed by atoms with E-state index in [9.17, 15) is 13.2 Å². The number of nitrogens with zero attached hydrogens (tertiary/aromatic N) is 1. The Morgan fingerprint density at radius 2 is 1.76 bits per heavy atom. The number of halogens is 1. The third-order valence-corrected chi connectivity index (χ3v) is 5.10. The minimum absolute atomic E-state index is 0.00840. The Morgan fingerprint density at radius 3 is 2.34 bits per heavy atom. The molecule has 3 rings (SSSR count). The first-order chi connectivity index (χ1) is 13.4. The van der Waals surface area contributed by atoms with Gasteiger partial charge in [0.2, 0.25) is 5.90 Å². The maximum Gasteiger partial charge on any atom is 0.363 e. The number of esters is 1. The highest BCUT2D eigenvalue weighted by atomic mass is 79.9. The number of benzene rings is 2. The van der Waals surface area contributed by atoms with Crippen molar-refractivity contribution in [2.24, 2.45) is 4.99 Å². The third kappa shape index (κ3) is 5.33. The summed E-state index contributed by atoms with van der Waals surface area (Å²) in [4.78, 5) is 16.6. The van der Waals surface area contributed by atoms with Crippen LogP contribution in [0, 0.1) is 0 Å². The zero-order valence-electron chi connectivity index (χ0n) is 16.4. The second-order valence-corrected chi connectivity index (χ2v) is 10.1. The van der Waals surface area contributed by atoms with Gasteiger partial charge >= 0.3 is 16.1 Å². The molecule has 1 aliphatic heterocycles. The lowest BCUT2D eigenvalue weighted by Gasteiger charge is -2.18. The predicted molar refractivity (Wildman–Crippen MR) is 115 cm³/mol. The highest BCUT2D eigenvalue weighted by Crippen LogP contribution is 2.29. The molecule has 0 fully saturated rings. The molecule has 2 aromatic rings. The lowest BCUT2D eigenvalue weighted by molar-refractivity contribution is -0.129. The Kier molecular flexibility index (Phi) is 5.69. The first-order valence-electron chi connectivity index (χ1n) is 8.75. The van der Waals surface area contributed by atoms with Crippen molar-refractivity contribution in [2.45, 2.75) is 26.2 Å². The van der Waals surface area contributed by atoms with Crippen molar-refractivity contribution >= 4 is 44.0 Å². The highest BCUT2D eigenvalue weighted by Gasteiger charge is 2.25. The normalized spacial score (nSPS) is 16.0. The molecule has 6 nitrogen and oxygen atoms in total. The van der Waals surface area contributed by atoms with Gasteiger partial charge in [-0.25, -0.2) is 9.79 Å². The molecule has 8 heteroatoms. The molecule has 0 bridgehead atoms. The van der Waals surface area contributed by atoms with Gasteiger partial charge in [0.1, 0.15) is 5.75 Å². The van der Waals surface area contributed by atoms with Crippen LogP contribution < -0.4 is 4.18 Å². The molecular weight excluding hydrogens is 458 g/mol. The molecule has 152 valence electrons. The van der Waals surface area contributed by atoms with E-state index >= 15 is 0 Å². The number of hydrogen-bond acceptors (Lipinski definition) is 6. The second kappa shape index (κ2) is 7.76. The molecule has 0 atom stereocenters. The van der Waals surface area contributed by atoms with E-state index < -0.39 is 16.1 Å². The van der Waals surface area contributed by atoms with Crippen LogP contribution in [0.1, 0.15) is 37.5 Å². The maximum absolute atomic E-state index is 12.3. The fourth-order valence-corrected chi connectivity index (χ4v) is 3.52. The first kappa shape index (κ1) is 21.3. The SMILES string of the molecule is CC(C)(C)c1ccc(C2=N/C(=C/c3cc(Br)ccc3OS(C)(=O)=O)C(=O)O2)cc1. The van der Waals surface area contributed by atoms with Gasteiger partial charge in [0.15, 0.2) is 5.70 Å². The summed E-state index contributed by atoms with van der Waals surface area (Å²) in [5.74, 6) is -0.332. The van der Waals surface area contributed by atoms with Gasteiger partial charge < -0.3 is 8.92 Å². The van der Waals surface area contributed by atoms with Crippen LogP contribution in [0.2, 0.25) is 0 Å². The minimum Gasteiger partial charge on any atom is -0.402 e. The van der Waals surface area contributed by atoms with E-state index in [1.54, 1.807) is 12.1 Å². The lowest BCUT2D eigenvalue weighted by Crippen LogP contribution is -2.11. The van der Waals surface area contributed by atoms with Gasteiger partial charge in [0.25, 0.3) is 0 Å². The fraction of sp³-hybridized carbons (Fsp3) is 0.238. The van der Waals surface area contributed by atoms with Crippen molar-refractivity contribution in [2.75, 3.05) is 6.26 Å². The molecule has 0 N–H and O–H groups in total. The van der Waals surface area contributed by atoms with E-state index in [1.807, 2.05) is 24.3 Å². The van der Waals surface area contributed by atoms with Crippen LogP contribution in [-0.4, -0.2) is 26.5 Å². The number of ether oxygens (including phenoxy) is 1. The Hall–Kier alpha value is -2.45. The molecule has 1 heterocycles. The molecule has 0 saturated carbocycles. The molecule has 0 aliphatic carbocycles. The van der Waals surface area contributed by atoms with Crippen LogP contribution in [0.5, 0.6) is 5.75 Å². The predicted octanol–water partition coefficient (Wildman–Crippen LogP) is 4.43. The smallest absolute Gasteiger partial charge is 0.363 e. The van der Waals surface area contributed by atoms with Gasteiger partial charge in [-0.3, -0.25) is 0 Å². The molecular formula is C21H20BrNO5S. The van der Waals surface area contributed by atoms with Crippen molar-refractivity contribution in [3.63, 3.8) is 0 Å². The van der Waals surface area contributed by atoms with Crippen LogP contribution in [0.4, 0.5) is 0 Å². The summed E-state index contributed by atoms with van der Waals surface area (Å²) in [5.41, 5.74) is 2.27. The molecule has 0 radical (unpaired) electrons. The monoisotopic (exact) mass is 477 g/mol. The number of carbonyl (C=O) groups excluding carboxylic acids is 1. The summed E-state index contributed by atoms with van der Waals surface area (Å²) >= 11 is 3.33. The summed E-state index contributed by atoms with van der Waals surface area (Å²) in [6.07, 6.45) is 2.39. The second-order valence-electron chi connectivity index (χ2n) is 7.63. The molecule has 1 aliphatic rings. The number of cyclic esters (lactones) is 1. The number of rotatable bonds is 4. The lowest BCUT2D eigenvalue weighted by atomic mass is 9.87. The van der Waals surface area contributed by atoms with Crippen molar-refractivity contribution in [3.05, 3.63) is 69.3 Å². The van der Waals surface area contributed by atoms with Crippen molar-refractivity contribution in [1.82, 2.24) is 0 Å². The highest BCUT2D eigenvalue weighted by molar-refractivity contribution is 9.10. The third-order valence-electron chi connectivity index (χ3n) is 4.12. The molecule has 29 heavy (non-hydrogen) atoms. The van der Waals surface area contributed by atoms with E-state index in [2.05, 4.69) is 41.7 Å². The van der Waals surface area contributed by atoms with Gasteiger partial charge in [-0.2, -0.15) is 8.42 Å². The van der Waals surface area contributed by atoms with E-state index in [4.69, 9.17) is 8.92 Å². The largest absolute Gasteiger partial charge is 0.402 e. The van der Waals surface area contributed by atoms with E-state index in [-0.39, 0.29) is 22.8 Å². The Morgan fingerprint density at radius 1 is 1.10 bits per heavy atom. The van der Waals surface area contributed by atoms with Gasteiger partial charge in [-0.1, -0.05) is 48.8 Å². The molecule has 0 saturated heterocycles. The number of hydrogen-bond donors (Lipinski definition) is 0. The minimum atomic E-state index is -3.73. The zero-order valence-corrected chi connectivity index (χ0v) is 18.8. The van der Waals surface area contributed by atoms with Crippen molar-refractivity contribution in [1.29, 1.82) is 0 Å². The van der Waals surface area contributed by atoms with Crippen LogP contribution in [0.15, 0.2) is 57.6 Å². The van der Waals surface area contributed by atoms with Crippen LogP contribution in [0.25, 0.3) is 6.08 Å². The van der Waals surface area contributed by atoms with E-state index in [0.717, 1.165) is 11.8 Å². The molecule has 2 aromatic carbocycles. The molecule has 0 aromatic heterocycles. The molecule has 0 amide bonds. The summed E-state index contributed by atoms with van der Waals surface area (Å²) < 4.78 is 34.0. The number of aliphatic imine (C=N–C) groups is 1. The summed E-state index contributed by atoms with van der Waals surface area (Å²) in [5, 5.41) is 0. The summed E-state index contributed by atoms with van der Waals surface area (Å²) in [6, 6.07) is 12.4. The van der Waals surface area contributed by atoms with Gasteiger partial charge in [0, 0.05) is 15.6 Å².